The van der Waals surface area contributed by atoms with Gasteiger partial charge in [-0.3, -0.25) is 9.48 Å². The van der Waals surface area contributed by atoms with Gasteiger partial charge < -0.3 is 15.6 Å². The standard InChI is InChI=1S/C29H30FN7O2/c30-22-4-2-1-3-20(22)16-37-25(23-5-6-39-36-23)10-24(35-37)27-32-14-21(26(31)34-27)15-33-28(38)29-11-17-7-18(12-29)9-19(8-17)13-29/h1-6,10,14,17-19H,7-9,11-13,15-16H2,(H,33,38)(H2,31,32,34). The fourth-order valence-corrected chi connectivity index (χ4v) is 7.42. The van der Waals surface area contributed by atoms with Gasteiger partial charge in [0, 0.05) is 35.3 Å². The maximum atomic E-state index is 14.4. The average molecular weight is 528 g/mol. The summed E-state index contributed by atoms with van der Waals surface area (Å²) in [5, 5.41) is 11.8. The van der Waals surface area contributed by atoms with Crippen molar-refractivity contribution in [3.63, 3.8) is 0 Å². The number of halogens is 1. The number of nitrogens with zero attached hydrogens (tertiary/aromatic N) is 5. The van der Waals surface area contributed by atoms with Crippen LogP contribution in [0.3, 0.4) is 0 Å². The zero-order chi connectivity index (χ0) is 26.6. The Bertz CT molecular complexity index is 1500. The molecule has 4 fully saturated rings. The average Bonchev–Trinajstić information content (AvgIpc) is 3.59. The van der Waals surface area contributed by atoms with Crippen LogP contribution in [-0.2, 0) is 17.9 Å². The molecule has 0 saturated heterocycles. The van der Waals surface area contributed by atoms with Gasteiger partial charge in [0.25, 0.3) is 0 Å². The van der Waals surface area contributed by atoms with E-state index in [9.17, 15) is 9.18 Å². The summed E-state index contributed by atoms with van der Waals surface area (Å²) in [6, 6.07) is 10.1. The summed E-state index contributed by atoms with van der Waals surface area (Å²) in [5.41, 5.74) is 8.92. The summed E-state index contributed by atoms with van der Waals surface area (Å²) in [6.45, 7) is 0.484. The van der Waals surface area contributed by atoms with E-state index in [-0.39, 0.29) is 29.5 Å². The highest BCUT2D eigenvalue weighted by Gasteiger charge is 2.54. The first kappa shape index (κ1) is 24.0. The fraction of sp³-hybridized carbons (Fsp3) is 0.414. The smallest absolute Gasteiger partial charge is 0.226 e. The van der Waals surface area contributed by atoms with E-state index in [1.807, 2.05) is 0 Å². The summed E-state index contributed by atoms with van der Waals surface area (Å²) in [5.74, 6) is 2.56. The molecule has 0 aliphatic heterocycles. The molecule has 4 aliphatic carbocycles. The number of nitrogens with one attached hydrogen (secondary N) is 1. The Morgan fingerprint density at radius 1 is 1.08 bits per heavy atom. The van der Waals surface area contributed by atoms with Crippen molar-refractivity contribution < 1.29 is 13.7 Å². The van der Waals surface area contributed by atoms with E-state index in [0.717, 1.165) is 19.3 Å². The lowest BCUT2D eigenvalue weighted by molar-refractivity contribution is -0.146. The van der Waals surface area contributed by atoms with Crippen molar-refractivity contribution in [2.45, 2.75) is 51.6 Å². The van der Waals surface area contributed by atoms with Gasteiger partial charge in [0.15, 0.2) is 5.82 Å². The largest absolute Gasteiger partial charge is 0.383 e. The number of nitrogen functional groups attached to an aromatic ring is 1. The molecule has 200 valence electrons. The third-order valence-corrected chi connectivity index (χ3v) is 8.84. The lowest BCUT2D eigenvalue weighted by atomic mass is 9.49. The van der Waals surface area contributed by atoms with Gasteiger partial charge in [-0.25, -0.2) is 14.4 Å². The number of aromatic nitrogens is 5. The van der Waals surface area contributed by atoms with Crippen LogP contribution < -0.4 is 11.1 Å². The SMILES string of the molecule is Nc1nc(-c2cc(-c3ccon3)n(Cc3ccccc3F)n2)ncc1CNC(=O)C12CC3CC(CC(C3)C1)C2. The molecule has 3 N–H and O–H groups in total. The van der Waals surface area contributed by atoms with Crippen molar-refractivity contribution in [2.24, 2.45) is 23.2 Å². The van der Waals surface area contributed by atoms with E-state index < -0.39 is 0 Å². The highest BCUT2D eigenvalue weighted by molar-refractivity contribution is 5.83. The van der Waals surface area contributed by atoms with Crippen LogP contribution in [-0.4, -0.2) is 30.8 Å². The van der Waals surface area contributed by atoms with Gasteiger partial charge in [0.2, 0.25) is 5.91 Å². The van der Waals surface area contributed by atoms with Gasteiger partial charge in [0.05, 0.1) is 12.2 Å². The van der Waals surface area contributed by atoms with Crippen molar-refractivity contribution in [3.05, 3.63) is 65.8 Å². The van der Waals surface area contributed by atoms with Crippen LogP contribution in [0.1, 0.15) is 49.7 Å². The van der Waals surface area contributed by atoms with E-state index in [4.69, 9.17) is 10.3 Å². The minimum atomic E-state index is -0.318. The Kier molecular flexibility index (Phi) is 5.71. The predicted molar refractivity (Wildman–Crippen MR) is 141 cm³/mol. The fourth-order valence-electron chi connectivity index (χ4n) is 7.42. The molecule has 39 heavy (non-hydrogen) atoms. The van der Waals surface area contributed by atoms with Gasteiger partial charge in [-0.2, -0.15) is 5.10 Å². The number of anilines is 1. The van der Waals surface area contributed by atoms with Crippen molar-refractivity contribution in [3.8, 4) is 22.9 Å². The number of carbonyl (C=O) groups is 1. The molecule has 0 unspecified atom stereocenters. The van der Waals surface area contributed by atoms with Crippen LogP contribution in [0.4, 0.5) is 10.2 Å². The molecule has 1 aromatic carbocycles. The summed E-state index contributed by atoms with van der Waals surface area (Å²) in [6.07, 6.45) is 10.0. The molecule has 3 heterocycles. The minimum absolute atomic E-state index is 0.147. The summed E-state index contributed by atoms with van der Waals surface area (Å²) in [7, 11) is 0. The van der Waals surface area contributed by atoms with Gasteiger partial charge in [-0.15, -0.1) is 0 Å². The molecule has 1 amide bonds. The highest BCUT2D eigenvalue weighted by Crippen LogP contribution is 2.60. The second-order valence-corrected chi connectivity index (χ2v) is 11.5. The first-order valence-electron chi connectivity index (χ1n) is 13.6. The molecule has 4 aromatic rings. The lowest BCUT2D eigenvalue weighted by Gasteiger charge is -2.55. The first-order chi connectivity index (χ1) is 19.0. The second kappa shape index (κ2) is 9.29. The van der Waals surface area contributed by atoms with Crippen molar-refractivity contribution in [2.75, 3.05) is 5.73 Å². The second-order valence-electron chi connectivity index (χ2n) is 11.5. The van der Waals surface area contributed by atoms with Crippen LogP contribution in [0.2, 0.25) is 0 Å². The van der Waals surface area contributed by atoms with Crippen molar-refractivity contribution >= 4 is 11.7 Å². The van der Waals surface area contributed by atoms with Crippen LogP contribution in [0.25, 0.3) is 22.9 Å². The lowest BCUT2D eigenvalue weighted by Crippen LogP contribution is -2.53. The van der Waals surface area contributed by atoms with Crippen molar-refractivity contribution in [1.82, 2.24) is 30.2 Å². The van der Waals surface area contributed by atoms with Crippen LogP contribution in [0, 0.1) is 29.0 Å². The molecular weight excluding hydrogens is 497 g/mol. The van der Waals surface area contributed by atoms with Crippen LogP contribution in [0.5, 0.6) is 0 Å². The number of hydrogen-bond donors (Lipinski definition) is 2. The summed E-state index contributed by atoms with van der Waals surface area (Å²) >= 11 is 0. The summed E-state index contributed by atoms with van der Waals surface area (Å²) in [4.78, 5) is 22.4. The quantitative estimate of drug-likeness (QED) is 0.360. The number of nitrogens with two attached hydrogens (primary N) is 1. The zero-order valence-corrected chi connectivity index (χ0v) is 21.5. The maximum Gasteiger partial charge on any atom is 0.226 e. The van der Waals surface area contributed by atoms with Crippen LogP contribution in [0.15, 0.2) is 53.4 Å². The Labute approximate surface area is 225 Å². The van der Waals surface area contributed by atoms with Crippen LogP contribution >= 0.6 is 0 Å². The van der Waals surface area contributed by atoms with Crippen molar-refractivity contribution in [1.29, 1.82) is 0 Å². The molecule has 0 spiro atoms. The van der Waals surface area contributed by atoms with Gasteiger partial charge in [0.1, 0.15) is 29.3 Å². The Morgan fingerprint density at radius 2 is 1.82 bits per heavy atom. The van der Waals surface area contributed by atoms with E-state index in [1.165, 1.54) is 31.6 Å². The minimum Gasteiger partial charge on any atom is -0.383 e. The first-order valence-corrected chi connectivity index (χ1v) is 13.6. The van der Waals surface area contributed by atoms with Gasteiger partial charge >= 0.3 is 0 Å². The normalized spacial score (nSPS) is 25.2. The molecule has 3 aromatic heterocycles. The molecule has 8 rings (SSSR count). The third-order valence-electron chi connectivity index (χ3n) is 8.84. The molecule has 9 nitrogen and oxygen atoms in total. The molecular formula is C29H30FN7O2. The molecule has 0 radical (unpaired) electrons. The highest BCUT2D eigenvalue weighted by atomic mass is 19.1. The Balaban J connectivity index is 1.10. The topological polar surface area (TPSA) is 125 Å². The molecule has 4 saturated carbocycles. The maximum absolute atomic E-state index is 14.4. The molecule has 0 atom stereocenters. The third kappa shape index (κ3) is 4.37. The van der Waals surface area contributed by atoms with E-state index in [1.54, 1.807) is 41.2 Å². The number of benzene rings is 1. The monoisotopic (exact) mass is 527 g/mol. The Hall–Kier alpha value is -4.08. The number of rotatable bonds is 7. The Morgan fingerprint density at radius 3 is 2.49 bits per heavy atom. The number of amides is 1. The number of carbonyl (C=O) groups excluding carboxylic acids is 1. The zero-order valence-electron chi connectivity index (χ0n) is 21.5. The molecule has 4 bridgehead atoms. The van der Waals surface area contributed by atoms with E-state index in [2.05, 4.69) is 25.5 Å². The van der Waals surface area contributed by atoms with Gasteiger partial charge in [-0.05, 0) is 68.4 Å². The van der Waals surface area contributed by atoms with E-state index >= 15 is 0 Å². The molecule has 10 heteroatoms. The van der Waals surface area contributed by atoms with E-state index in [0.29, 0.717) is 58.3 Å². The predicted octanol–water partition coefficient (Wildman–Crippen LogP) is 4.60. The number of hydrogen-bond acceptors (Lipinski definition) is 7. The molecule has 4 aliphatic rings. The van der Waals surface area contributed by atoms with Gasteiger partial charge in [-0.1, -0.05) is 23.4 Å². The summed E-state index contributed by atoms with van der Waals surface area (Å²) < 4.78 is 21.0.